The van der Waals surface area contributed by atoms with Gasteiger partial charge in [-0.3, -0.25) is 0 Å². The predicted molar refractivity (Wildman–Crippen MR) is 166 cm³/mol. The van der Waals surface area contributed by atoms with E-state index in [9.17, 15) is 9.90 Å². The minimum atomic E-state index is -1.31. The summed E-state index contributed by atoms with van der Waals surface area (Å²) in [5, 5.41) is 15.3. The maximum Gasteiger partial charge on any atom is 0.338 e. The molecule has 3 unspecified atom stereocenters. The molecule has 0 aromatic heterocycles. The highest BCUT2D eigenvalue weighted by Gasteiger charge is 2.49. The summed E-state index contributed by atoms with van der Waals surface area (Å²) < 4.78 is 30.7. The third-order valence-corrected chi connectivity index (χ3v) is 7.29. The van der Waals surface area contributed by atoms with Gasteiger partial charge >= 0.3 is 5.97 Å². The lowest BCUT2D eigenvalue weighted by Gasteiger charge is -2.43. The van der Waals surface area contributed by atoms with Gasteiger partial charge in [-0.1, -0.05) is 96.1 Å². The first-order valence-electron chi connectivity index (χ1n) is 14.7. The van der Waals surface area contributed by atoms with Crippen LogP contribution in [-0.2, 0) is 38.6 Å². The highest BCUT2D eigenvalue weighted by atomic mass is 16.7. The number of aliphatic hydroxyl groups is 1. The van der Waals surface area contributed by atoms with Gasteiger partial charge in [-0.05, 0) is 52.9 Å². The summed E-state index contributed by atoms with van der Waals surface area (Å²) in [5.41, 5.74) is 11.7. The SMILES string of the molecule is [N-]=[N+]=NCCc1ccc(O[C@@H]2OC(COCc3ccccc3)[C@H](OC(=O)c3ccccc3)C(O)C2OCc2ccccc2)cc1. The lowest BCUT2D eigenvalue weighted by molar-refractivity contribution is -0.291. The molecule has 0 aliphatic carbocycles. The quantitative estimate of drug-likeness (QED) is 0.0799. The Morgan fingerprint density at radius 2 is 1.42 bits per heavy atom. The number of esters is 1. The Bertz CT molecular complexity index is 1520. The summed E-state index contributed by atoms with van der Waals surface area (Å²) in [6.45, 7) is 0.825. The third-order valence-electron chi connectivity index (χ3n) is 7.29. The van der Waals surface area contributed by atoms with Gasteiger partial charge in [0.2, 0.25) is 6.29 Å². The van der Waals surface area contributed by atoms with Gasteiger partial charge in [-0.25, -0.2) is 4.79 Å². The molecule has 1 heterocycles. The molecule has 10 nitrogen and oxygen atoms in total. The van der Waals surface area contributed by atoms with E-state index in [1.165, 1.54) is 0 Å². The van der Waals surface area contributed by atoms with Crippen molar-refractivity contribution in [2.75, 3.05) is 13.2 Å². The fraction of sp³-hybridized carbons (Fsp3) is 0.286. The molecule has 0 saturated carbocycles. The summed E-state index contributed by atoms with van der Waals surface area (Å²) >= 11 is 0. The fourth-order valence-corrected chi connectivity index (χ4v) is 4.94. The zero-order valence-corrected chi connectivity index (χ0v) is 24.6. The molecular formula is C35H35N3O7. The van der Waals surface area contributed by atoms with Crippen LogP contribution in [0.3, 0.4) is 0 Å². The maximum atomic E-state index is 13.2. The molecule has 232 valence electrons. The molecular weight excluding hydrogens is 574 g/mol. The van der Waals surface area contributed by atoms with E-state index in [0.29, 0.717) is 30.9 Å². The normalized spacial score (nSPS) is 21.0. The first-order chi connectivity index (χ1) is 22.1. The number of rotatable bonds is 14. The van der Waals surface area contributed by atoms with Crippen LogP contribution in [-0.4, -0.2) is 54.9 Å². The molecule has 1 N–H and O–H groups in total. The highest BCUT2D eigenvalue weighted by molar-refractivity contribution is 5.89. The molecule has 10 heteroatoms. The van der Waals surface area contributed by atoms with Gasteiger partial charge in [-0.15, -0.1) is 0 Å². The van der Waals surface area contributed by atoms with Crippen molar-refractivity contribution in [1.82, 2.24) is 0 Å². The Hall–Kier alpha value is -4.70. The van der Waals surface area contributed by atoms with E-state index < -0.39 is 36.7 Å². The first kappa shape index (κ1) is 31.7. The molecule has 1 aliphatic heterocycles. The van der Waals surface area contributed by atoms with Crippen molar-refractivity contribution in [3.63, 3.8) is 0 Å². The molecule has 1 saturated heterocycles. The molecule has 5 atom stereocenters. The van der Waals surface area contributed by atoms with Gasteiger partial charge < -0.3 is 28.8 Å². The number of hydrogen-bond donors (Lipinski definition) is 1. The Morgan fingerprint density at radius 3 is 2.07 bits per heavy atom. The van der Waals surface area contributed by atoms with Crippen molar-refractivity contribution in [1.29, 1.82) is 0 Å². The minimum absolute atomic E-state index is 0.0162. The average Bonchev–Trinajstić information content (AvgIpc) is 3.08. The van der Waals surface area contributed by atoms with Crippen LogP contribution in [0.25, 0.3) is 10.4 Å². The molecule has 0 spiro atoms. The van der Waals surface area contributed by atoms with Crippen molar-refractivity contribution in [3.05, 3.63) is 148 Å². The molecule has 4 aromatic carbocycles. The van der Waals surface area contributed by atoms with E-state index in [4.69, 9.17) is 29.2 Å². The predicted octanol–water partition coefficient (Wildman–Crippen LogP) is 6.03. The van der Waals surface area contributed by atoms with Gasteiger partial charge in [0, 0.05) is 11.5 Å². The second kappa shape index (κ2) is 16.4. The first-order valence-corrected chi connectivity index (χ1v) is 14.7. The van der Waals surface area contributed by atoms with E-state index in [-0.39, 0.29) is 13.2 Å². The van der Waals surface area contributed by atoms with Gasteiger partial charge in [0.15, 0.2) is 6.10 Å². The molecule has 45 heavy (non-hydrogen) atoms. The summed E-state index contributed by atoms with van der Waals surface area (Å²) in [5.74, 6) is -0.120. The van der Waals surface area contributed by atoms with Crippen LogP contribution in [0.15, 0.2) is 120 Å². The number of carbonyl (C=O) groups is 1. The number of benzene rings is 4. The Labute approximate surface area is 261 Å². The number of azide groups is 1. The summed E-state index contributed by atoms with van der Waals surface area (Å²) in [7, 11) is 0. The van der Waals surface area contributed by atoms with Gasteiger partial charge in [-0.2, -0.15) is 0 Å². The molecule has 4 aromatic rings. The monoisotopic (exact) mass is 609 g/mol. The molecule has 0 radical (unpaired) electrons. The summed E-state index contributed by atoms with van der Waals surface area (Å²) in [4.78, 5) is 15.9. The van der Waals surface area contributed by atoms with Crippen LogP contribution in [0.2, 0.25) is 0 Å². The van der Waals surface area contributed by atoms with Crippen LogP contribution in [0, 0.1) is 0 Å². The standard InChI is InChI=1S/C35H35N3O7/c36-38-37-21-20-25-16-18-29(19-17-25)43-35-33(42-23-27-12-6-2-7-13-27)31(39)32(45-34(40)28-14-8-3-9-15-28)30(44-35)24-41-22-26-10-4-1-5-11-26/h1-19,30-33,35,39H,20-24H2/t30?,31?,32-,33?,35+/m0/s1. The molecule has 0 bridgehead atoms. The van der Waals surface area contributed by atoms with Crippen LogP contribution < -0.4 is 4.74 Å². The van der Waals surface area contributed by atoms with Gasteiger partial charge in [0.1, 0.15) is 24.1 Å². The van der Waals surface area contributed by atoms with E-state index >= 15 is 0 Å². The molecule has 5 rings (SSSR count). The number of ether oxygens (including phenoxy) is 5. The molecule has 1 aliphatic rings. The number of carbonyl (C=O) groups excluding carboxylic acids is 1. The Kier molecular flexibility index (Phi) is 11.6. The van der Waals surface area contributed by atoms with Crippen molar-refractivity contribution >= 4 is 5.97 Å². The van der Waals surface area contributed by atoms with E-state index in [0.717, 1.165) is 16.7 Å². The van der Waals surface area contributed by atoms with Crippen LogP contribution >= 0.6 is 0 Å². The van der Waals surface area contributed by atoms with Crippen molar-refractivity contribution in [2.45, 2.75) is 50.3 Å². The van der Waals surface area contributed by atoms with Crippen LogP contribution in [0.5, 0.6) is 5.75 Å². The fourth-order valence-electron chi connectivity index (χ4n) is 4.94. The Morgan fingerprint density at radius 1 is 0.800 bits per heavy atom. The third kappa shape index (κ3) is 9.15. The van der Waals surface area contributed by atoms with E-state index in [1.807, 2.05) is 72.8 Å². The zero-order valence-electron chi connectivity index (χ0n) is 24.6. The van der Waals surface area contributed by atoms with Crippen molar-refractivity contribution in [2.24, 2.45) is 5.11 Å². The van der Waals surface area contributed by atoms with E-state index in [2.05, 4.69) is 10.0 Å². The lowest BCUT2D eigenvalue weighted by Crippen LogP contribution is -2.62. The smallest absolute Gasteiger partial charge is 0.338 e. The van der Waals surface area contributed by atoms with Gasteiger partial charge in [0.25, 0.3) is 0 Å². The largest absolute Gasteiger partial charge is 0.462 e. The maximum absolute atomic E-state index is 13.2. The zero-order chi connectivity index (χ0) is 31.3. The minimum Gasteiger partial charge on any atom is -0.462 e. The summed E-state index contributed by atoms with van der Waals surface area (Å²) in [6.07, 6.45) is -4.79. The number of aliphatic hydroxyl groups excluding tert-OH is 1. The van der Waals surface area contributed by atoms with E-state index in [1.54, 1.807) is 42.5 Å². The van der Waals surface area contributed by atoms with Gasteiger partial charge in [0.05, 0.1) is 25.4 Å². The lowest BCUT2D eigenvalue weighted by atomic mass is 9.98. The summed E-state index contributed by atoms with van der Waals surface area (Å²) in [6, 6.07) is 35.0. The number of hydrogen-bond acceptors (Lipinski definition) is 8. The topological polar surface area (TPSA) is 132 Å². The molecule has 1 fully saturated rings. The Balaban J connectivity index is 1.37. The average molecular weight is 610 g/mol. The van der Waals surface area contributed by atoms with Crippen LogP contribution in [0.1, 0.15) is 27.0 Å². The molecule has 0 amide bonds. The second-order valence-electron chi connectivity index (χ2n) is 10.5. The number of nitrogens with zero attached hydrogens (tertiary/aromatic N) is 3. The highest BCUT2D eigenvalue weighted by Crippen LogP contribution is 2.30. The van der Waals surface area contributed by atoms with Crippen LogP contribution in [0.4, 0.5) is 0 Å². The van der Waals surface area contributed by atoms with Crippen molar-refractivity contribution in [3.8, 4) is 5.75 Å². The van der Waals surface area contributed by atoms with Crippen molar-refractivity contribution < 1.29 is 33.6 Å². The second-order valence-corrected chi connectivity index (χ2v) is 10.5.